The molecule has 2 aromatic carbocycles. The fourth-order valence-electron chi connectivity index (χ4n) is 4.52. The SMILES string of the molecule is CCCCCCCN1C(=O)/C(=C2/C(=O)N(CC(=O)Nc3ccc(C(=O)OCC)cc3)c3ccccc32)SC1=S. The third kappa shape index (κ3) is 6.39. The standard InChI is InChI=1S/C29H31N3O5S2/c1-3-5-6-7-10-17-31-27(35)25(39-29(31)38)24-21-11-8-9-12-22(21)32(26(24)34)18-23(33)30-20-15-13-19(14-16-20)28(36)37-4-2/h8-9,11-16H,3-7,10,17-18H2,1-2H3,(H,30,33)/b25-24-. The zero-order valence-electron chi connectivity index (χ0n) is 22.0. The van der Waals surface area contributed by atoms with Gasteiger partial charge in [0.15, 0.2) is 0 Å². The van der Waals surface area contributed by atoms with Crippen LogP contribution in [0.4, 0.5) is 11.4 Å². The maximum atomic E-state index is 13.6. The summed E-state index contributed by atoms with van der Waals surface area (Å²) in [7, 11) is 0. The summed E-state index contributed by atoms with van der Waals surface area (Å²) >= 11 is 6.64. The lowest BCUT2D eigenvalue weighted by molar-refractivity contribution is -0.122. The van der Waals surface area contributed by atoms with Crippen molar-refractivity contribution < 1.29 is 23.9 Å². The normalized spacial score (nSPS) is 16.6. The summed E-state index contributed by atoms with van der Waals surface area (Å²) in [6, 6.07) is 13.5. The predicted octanol–water partition coefficient (Wildman–Crippen LogP) is 5.39. The van der Waals surface area contributed by atoms with Crippen LogP contribution in [0.1, 0.15) is 61.9 Å². The monoisotopic (exact) mass is 565 g/mol. The number of anilines is 2. The second kappa shape index (κ2) is 13.0. The number of unbranched alkanes of at least 4 members (excludes halogenated alkanes) is 4. The number of thioether (sulfide) groups is 1. The van der Waals surface area contributed by atoms with E-state index in [2.05, 4.69) is 12.2 Å². The van der Waals surface area contributed by atoms with Crippen molar-refractivity contribution in [1.82, 2.24) is 4.90 Å². The number of carbonyl (C=O) groups is 4. The average Bonchev–Trinajstić information content (AvgIpc) is 3.36. The van der Waals surface area contributed by atoms with E-state index in [0.717, 1.165) is 43.9 Å². The number of carbonyl (C=O) groups excluding carboxylic acids is 4. The van der Waals surface area contributed by atoms with Gasteiger partial charge < -0.3 is 10.1 Å². The molecular weight excluding hydrogens is 534 g/mol. The van der Waals surface area contributed by atoms with Gasteiger partial charge in [0.1, 0.15) is 10.9 Å². The zero-order chi connectivity index (χ0) is 27.9. The molecule has 0 spiro atoms. The first-order valence-electron chi connectivity index (χ1n) is 13.1. The lowest BCUT2D eigenvalue weighted by Crippen LogP contribution is -2.35. The minimum atomic E-state index is -0.441. The molecule has 1 N–H and O–H groups in total. The van der Waals surface area contributed by atoms with E-state index in [9.17, 15) is 19.2 Å². The minimum Gasteiger partial charge on any atom is -0.462 e. The number of rotatable bonds is 11. The van der Waals surface area contributed by atoms with Gasteiger partial charge in [-0.1, -0.05) is 74.8 Å². The van der Waals surface area contributed by atoms with Crippen molar-refractivity contribution in [3.05, 3.63) is 64.6 Å². The third-order valence-electron chi connectivity index (χ3n) is 6.47. The first-order valence-corrected chi connectivity index (χ1v) is 14.3. The van der Waals surface area contributed by atoms with E-state index in [1.54, 1.807) is 60.4 Å². The topological polar surface area (TPSA) is 96.0 Å². The Bertz CT molecular complexity index is 1320. The number of para-hydroxylation sites is 1. The maximum absolute atomic E-state index is 13.6. The molecule has 2 aliphatic rings. The lowest BCUT2D eigenvalue weighted by atomic mass is 10.1. The van der Waals surface area contributed by atoms with Crippen LogP contribution in [0.5, 0.6) is 0 Å². The second-order valence-electron chi connectivity index (χ2n) is 9.20. The Kier molecular flexibility index (Phi) is 9.53. The number of thiocarbonyl (C=S) groups is 1. The molecule has 39 heavy (non-hydrogen) atoms. The lowest BCUT2D eigenvalue weighted by Gasteiger charge is -2.17. The molecule has 0 saturated carbocycles. The summed E-state index contributed by atoms with van der Waals surface area (Å²) in [5.41, 5.74) is 2.31. The van der Waals surface area contributed by atoms with Crippen molar-refractivity contribution in [3.8, 4) is 0 Å². The second-order valence-corrected chi connectivity index (χ2v) is 10.8. The minimum absolute atomic E-state index is 0.239. The van der Waals surface area contributed by atoms with Gasteiger partial charge >= 0.3 is 5.97 Å². The van der Waals surface area contributed by atoms with Crippen LogP contribution >= 0.6 is 24.0 Å². The van der Waals surface area contributed by atoms with Crippen LogP contribution in [-0.4, -0.2) is 52.6 Å². The van der Waals surface area contributed by atoms with Crippen molar-refractivity contribution in [2.75, 3.05) is 29.9 Å². The van der Waals surface area contributed by atoms with E-state index in [4.69, 9.17) is 17.0 Å². The number of fused-ring (bicyclic) bond motifs is 1. The molecule has 0 aliphatic carbocycles. The zero-order valence-corrected chi connectivity index (χ0v) is 23.7. The number of esters is 1. The van der Waals surface area contributed by atoms with Gasteiger partial charge in [-0.15, -0.1) is 0 Å². The van der Waals surface area contributed by atoms with Crippen LogP contribution in [0.15, 0.2) is 53.4 Å². The number of ether oxygens (including phenoxy) is 1. The largest absolute Gasteiger partial charge is 0.462 e. The molecule has 1 fully saturated rings. The molecule has 2 aliphatic heterocycles. The number of hydrogen-bond donors (Lipinski definition) is 1. The average molecular weight is 566 g/mol. The summed E-state index contributed by atoms with van der Waals surface area (Å²) < 4.78 is 5.43. The van der Waals surface area contributed by atoms with Crippen LogP contribution < -0.4 is 10.2 Å². The predicted molar refractivity (Wildman–Crippen MR) is 157 cm³/mol. The molecule has 10 heteroatoms. The highest BCUT2D eigenvalue weighted by molar-refractivity contribution is 8.26. The van der Waals surface area contributed by atoms with E-state index < -0.39 is 17.8 Å². The molecule has 0 aromatic heterocycles. The van der Waals surface area contributed by atoms with Crippen LogP contribution in [0, 0.1) is 0 Å². The van der Waals surface area contributed by atoms with Crippen molar-refractivity contribution in [2.24, 2.45) is 0 Å². The smallest absolute Gasteiger partial charge is 0.338 e. The number of benzene rings is 2. The van der Waals surface area contributed by atoms with Gasteiger partial charge in [0.05, 0.1) is 28.3 Å². The fraction of sp³-hybridized carbons (Fsp3) is 0.345. The molecular formula is C29H31N3O5S2. The molecule has 2 aromatic rings. The van der Waals surface area contributed by atoms with E-state index in [-0.39, 0.29) is 24.6 Å². The Morgan fingerprint density at radius 3 is 2.36 bits per heavy atom. The van der Waals surface area contributed by atoms with E-state index in [1.807, 2.05) is 0 Å². The molecule has 1 saturated heterocycles. The Labute approximate surface area is 237 Å². The van der Waals surface area contributed by atoms with E-state index >= 15 is 0 Å². The first kappa shape index (κ1) is 28.5. The van der Waals surface area contributed by atoms with Gasteiger partial charge in [0, 0.05) is 17.8 Å². The van der Waals surface area contributed by atoms with Crippen LogP contribution in [0.3, 0.4) is 0 Å². The molecule has 8 nitrogen and oxygen atoms in total. The molecule has 0 unspecified atom stereocenters. The number of hydrogen-bond acceptors (Lipinski definition) is 7. The summed E-state index contributed by atoms with van der Waals surface area (Å²) in [4.78, 5) is 55.0. The molecule has 0 bridgehead atoms. The summed E-state index contributed by atoms with van der Waals surface area (Å²) in [5.74, 6) is -1.52. The molecule has 2 heterocycles. The molecule has 0 radical (unpaired) electrons. The summed E-state index contributed by atoms with van der Waals surface area (Å²) in [5, 5.41) is 2.76. The Morgan fingerprint density at radius 2 is 1.64 bits per heavy atom. The summed E-state index contributed by atoms with van der Waals surface area (Å²) in [6.07, 6.45) is 5.30. The molecule has 204 valence electrons. The number of nitrogens with one attached hydrogen (secondary N) is 1. The van der Waals surface area contributed by atoms with Crippen LogP contribution in [-0.2, 0) is 19.1 Å². The molecule has 0 atom stereocenters. The number of nitrogens with zero attached hydrogens (tertiary/aromatic N) is 2. The quantitative estimate of drug-likeness (QED) is 0.169. The van der Waals surface area contributed by atoms with Crippen molar-refractivity contribution >= 4 is 68.9 Å². The van der Waals surface area contributed by atoms with Crippen LogP contribution in [0.2, 0.25) is 0 Å². The number of amides is 3. The first-order chi connectivity index (χ1) is 18.8. The van der Waals surface area contributed by atoms with Gasteiger partial charge in [-0.3, -0.25) is 24.2 Å². The van der Waals surface area contributed by atoms with Crippen molar-refractivity contribution in [2.45, 2.75) is 46.0 Å². The third-order valence-corrected chi connectivity index (χ3v) is 7.91. The van der Waals surface area contributed by atoms with Gasteiger partial charge in [-0.2, -0.15) is 0 Å². The highest BCUT2D eigenvalue weighted by Gasteiger charge is 2.42. The van der Waals surface area contributed by atoms with E-state index in [1.165, 1.54) is 4.90 Å². The Hall–Kier alpha value is -3.50. The van der Waals surface area contributed by atoms with Crippen molar-refractivity contribution in [3.63, 3.8) is 0 Å². The molecule has 4 rings (SSSR count). The van der Waals surface area contributed by atoms with Crippen LogP contribution in [0.25, 0.3) is 5.57 Å². The highest BCUT2D eigenvalue weighted by atomic mass is 32.2. The van der Waals surface area contributed by atoms with Gasteiger partial charge in [-0.25, -0.2) is 4.79 Å². The molecule has 3 amide bonds. The van der Waals surface area contributed by atoms with Crippen molar-refractivity contribution in [1.29, 1.82) is 0 Å². The fourth-order valence-corrected chi connectivity index (χ4v) is 5.90. The Balaban J connectivity index is 1.49. The highest BCUT2D eigenvalue weighted by Crippen LogP contribution is 2.44. The maximum Gasteiger partial charge on any atom is 0.338 e. The summed E-state index contributed by atoms with van der Waals surface area (Å²) in [6.45, 7) is 4.45. The van der Waals surface area contributed by atoms with Gasteiger partial charge in [-0.05, 0) is 43.7 Å². The Morgan fingerprint density at radius 1 is 0.923 bits per heavy atom. The van der Waals surface area contributed by atoms with Gasteiger partial charge in [0.2, 0.25) is 5.91 Å². The van der Waals surface area contributed by atoms with Gasteiger partial charge in [0.25, 0.3) is 11.8 Å². The van der Waals surface area contributed by atoms with E-state index in [0.29, 0.717) is 38.3 Å².